The Balaban J connectivity index is 0.000000490. The molecule has 0 amide bonds. The summed E-state index contributed by atoms with van der Waals surface area (Å²) in [6.45, 7) is 0. The van der Waals surface area contributed by atoms with Crippen molar-refractivity contribution in [3.63, 3.8) is 0 Å². The lowest BCUT2D eigenvalue weighted by Gasteiger charge is -1.70. The summed E-state index contributed by atoms with van der Waals surface area (Å²) < 4.78 is 4.22. The van der Waals surface area contributed by atoms with Gasteiger partial charge in [-0.1, -0.05) is 10.3 Å². The normalized spacial score (nSPS) is 8.12. The first-order valence-corrected chi connectivity index (χ1v) is 2.29. The summed E-state index contributed by atoms with van der Waals surface area (Å²) in [7, 11) is 0. The maximum absolute atomic E-state index is 5.31. The molecule has 0 unspecified atom stereocenters. The first-order valence-electron chi connectivity index (χ1n) is 1.76. The van der Waals surface area contributed by atoms with Crippen LogP contribution >= 0.6 is 11.6 Å². The number of hydrogen-bond donors (Lipinski definition) is 1. The molecule has 0 bridgehead atoms. The number of nitrogens with zero attached hydrogens (tertiary/aromatic N) is 2. The molecule has 8 heavy (non-hydrogen) atoms. The summed E-state index contributed by atoms with van der Waals surface area (Å²) in [6, 6.07) is 0. The van der Waals surface area contributed by atoms with E-state index >= 15 is 0 Å². The minimum atomic E-state index is 0. The van der Waals surface area contributed by atoms with Crippen molar-refractivity contribution in [1.82, 2.24) is 16.5 Å². The zero-order valence-electron chi connectivity index (χ0n) is 4.17. The van der Waals surface area contributed by atoms with Crippen molar-refractivity contribution < 1.29 is 4.63 Å². The molecular weight excluding hydrogens is 130 g/mol. The van der Waals surface area contributed by atoms with Gasteiger partial charge < -0.3 is 6.15 Å². The van der Waals surface area contributed by atoms with Gasteiger partial charge in [-0.15, -0.1) is 11.6 Å². The molecule has 1 rings (SSSR count). The van der Waals surface area contributed by atoms with Crippen LogP contribution in [0.5, 0.6) is 0 Å². The van der Waals surface area contributed by atoms with E-state index in [2.05, 4.69) is 14.9 Å². The van der Waals surface area contributed by atoms with Gasteiger partial charge >= 0.3 is 0 Å². The zero-order chi connectivity index (χ0) is 5.11. The molecule has 1 aromatic heterocycles. The van der Waals surface area contributed by atoms with E-state index in [1.807, 2.05) is 0 Å². The number of rotatable bonds is 1. The highest BCUT2D eigenvalue weighted by Crippen LogP contribution is 1.93. The van der Waals surface area contributed by atoms with Crippen LogP contribution in [0.15, 0.2) is 10.8 Å². The Morgan fingerprint density at radius 2 is 2.50 bits per heavy atom. The lowest BCUT2D eigenvalue weighted by Crippen LogP contribution is -1.70. The molecule has 0 aliphatic heterocycles. The lowest BCUT2D eigenvalue weighted by atomic mass is 10.6. The maximum atomic E-state index is 5.31. The van der Waals surface area contributed by atoms with Gasteiger partial charge in [0.2, 0.25) is 0 Å². The summed E-state index contributed by atoms with van der Waals surface area (Å²) in [5.41, 5.74) is 0.668. The smallest absolute Gasteiger partial charge is 0.119 e. The second kappa shape index (κ2) is 3.40. The van der Waals surface area contributed by atoms with Crippen LogP contribution in [0, 0.1) is 0 Å². The van der Waals surface area contributed by atoms with Gasteiger partial charge in [-0.25, -0.2) is 4.63 Å². The Bertz CT molecular complexity index is 129. The van der Waals surface area contributed by atoms with E-state index in [0.29, 0.717) is 11.6 Å². The maximum Gasteiger partial charge on any atom is 0.119 e. The highest BCUT2D eigenvalue weighted by molar-refractivity contribution is 6.16. The fourth-order valence-corrected chi connectivity index (χ4v) is 0.361. The fraction of sp³-hybridized carbons (Fsp3) is 0.333. The van der Waals surface area contributed by atoms with Crippen molar-refractivity contribution in [2.75, 3.05) is 0 Å². The predicted octanol–water partition coefficient (Wildman–Crippen LogP) is 0.970. The Morgan fingerprint density at radius 1 is 1.75 bits per heavy atom. The molecule has 0 saturated heterocycles. The van der Waals surface area contributed by atoms with E-state index in [1.165, 1.54) is 6.20 Å². The van der Waals surface area contributed by atoms with Gasteiger partial charge in [-0.05, 0) is 0 Å². The van der Waals surface area contributed by atoms with Gasteiger partial charge in [-0.3, -0.25) is 0 Å². The van der Waals surface area contributed by atoms with Crippen LogP contribution in [-0.2, 0) is 5.88 Å². The molecule has 0 atom stereocenters. The number of halogens is 1. The molecule has 0 fully saturated rings. The van der Waals surface area contributed by atoms with Crippen molar-refractivity contribution in [3.05, 3.63) is 11.9 Å². The molecule has 0 radical (unpaired) electrons. The lowest BCUT2D eigenvalue weighted by molar-refractivity contribution is 0.304. The van der Waals surface area contributed by atoms with Crippen molar-refractivity contribution in [2.24, 2.45) is 0 Å². The number of alkyl halides is 1. The largest absolute Gasteiger partial charge is 0.344 e. The Kier molecular flexibility index (Phi) is 3.14. The van der Waals surface area contributed by atoms with Gasteiger partial charge in [0, 0.05) is 0 Å². The third-order valence-corrected chi connectivity index (χ3v) is 0.818. The van der Waals surface area contributed by atoms with E-state index in [1.54, 1.807) is 0 Å². The highest BCUT2D eigenvalue weighted by Gasteiger charge is 1.89. The molecule has 0 spiro atoms. The first kappa shape index (κ1) is 7.39. The van der Waals surface area contributed by atoms with Gasteiger partial charge in [-0.2, -0.15) is 0 Å². The summed E-state index contributed by atoms with van der Waals surface area (Å²) in [4.78, 5) is 0. The van der Waals surface area contributed by atoms with Crippen molar-refractivity contribution in [3.8, 4) is 0 Å². The Hall–Kier alpha value is -0.610. The molecule has 46 valence electrons. The van der Waals surface area contributed by atoms with E-state index in [9.17, 15) is 0 Å². The molecule has 0 aliphatic rings. The standard InChI is InChI=1S/C3H3ClN2O.H3N/c4-1-3-2-5-7-6-3;/h2H,1H2;1H3. The molecular formula is C3H6ClN3O. The van der Waals surface area contributed by atoms with Gasteiger partial charge in [0.05, 0.1) is 12.1 Å². The summed E-state index contributed by atoms with van der Waals surface area (Å²) >= 11 is 5.31. The molecule has 0 aliphatic carbocycles. The summed E-state index contributed by atoms with van der Waals surface area (Å²) in [6.07, 6.45) is 1.48. The van der Waals surface area contributed by atoms with Crippen molar-refractivity contribution >= 4 is 11.6 Å². The van der Waals surface area contributed by atoms with Crippen LogP contribution in [0.4, 0.5) is 0 Å². The third-order valence-electron chi connectivity index (χ3n) is 0.544. The van der Waals surface area contributed by atoms with E-state index < -0.39 is 0 Å². The van der Waals surface area contributed by atoms with Crippen LogP contribution in [0.3, 0.4) is 0 Å². The number of aromatic nitrogens is 2. The van der Waals surface area contributed by atoms with Gasteiger partial charge in [0.25, 0.3) is 0 Å². The quantitative estimate of drug-likeness (QED) is 0.583. The average molecular weight is 136 g/mol. The van der Waals surface area contributed by atoms with Crippen LogP contribution in [0.25, 0.3) is 0 Å². The fourth-order valence-electron chi connectivity index (χ4n) is 0.243. The predicted molar refractivity (Wildman–Crippen MR) is 28.9 cm³/mol. The van der Waals surface area contributed by atoms with Crippen molar-refractivity contribution in [1.29, 1.82) is 0 Å². The summed E-state index contributed by atoms with van der Waals surface area (Å²) in [5, 5.41) is 6.74. The molecule has 5 heteroatoms. The van der Waals surface area contributed by atoms with E-state index in [0.717, 1.165) is 0 Å². The first-order chi connectivity index (χ1) is 3.43. The zero-order valence-corrected chi connectivity index (χ0v) is 4.93. The molecule has 0 saturated carbocycles. The Labute approximate surface area is 51.4 Å². The van der Waals surface area contributed by atoms with Crippen LogP contribution in [0.2, 0.25) is 0 Å². The second-order valence-electron chi connectivity index (χ2n) is 1.03. The SMILES string of the molecule is ClCc1cnon1.N. The van der Waals surface area contributed by atoms with Crippen LogP contribution < -0.4 is 6.15 Å². The van der Waals surface area contributed by atoms with E-state index in [-0.39, 0.29) is 6.15 Å². The molecule has 3 N–H and O–H groups in total. The molecule has 4 nitrogen and oxygen atoms in total. The van der Waals surface area contributed by atoms with Gasteiger partial charge in [0.1, 0.15) is 5.69 Å². The average Bonchev–Trinajstić information content (AvgIpc) is 2.14. The van der Waals surface area contributed by atoms with Crippen molar-refractivity contribution in [2.45, 2.75) is 5.88 Å². The molecule has 1 aromatic rings. The second-order valence-corrected chi connectivity index (χ2v) is 1.30. The highest BCUT2D eigenvalue weighted by atomic mass is 35.5. The monoisotopic (exact) mass is 135 g/mol. The number of hydrogen-bond acceptors (Lipinski definition) is 4. The Morgan fingerprint density at radius 3 is 2.75 bits per heavy atom. The molecule has 1 heterocycles. The topological polar surface area (TPSA) is 73.9 Å². The van der Waals surface area contributed by atoms with Crippen LogP contribution in [-0.4, -0.2) is 10.3 Å². The van der Waals surface area contributed by atoms with E-state index in [4.69, 9.17) is 11.6 Å². The van der Waals surface area contributed by atoms with Gasteiger partial charge in [0.15, 0.2) is 0 Å². The van der Waals surface area contributed by atoms with Crippen LogP contribution in [0.1, 0.15) is 5.69 Å². The minimum Gasteiger partial charge on any atom is -0.344 e. The third kappa shape index (κ3) is 1.48. The minimum absolute atomic E-state index is 0. The molecule has 0 aromatic carbocycles. The summed E-state index contributed by atoms with van der Waals surface area (Å²) in [5.74, 6) is 0.365.